The van der Waals surface area contributed by atoms with Gasteiger partial charge in [0.1, 0.15) is 0 Å². The molecule has 1 aromatic heterocycles. The summed E-state index contributed by atoms with van der Waals surface area (Å²) in [4.78, 5) is 24.7. The number of hydrazone groups is 1. The van der Waals surface area contributed by atoms with Gasteiger partial charge in [0.05, 0.1) is 31.0 Å². The highest BCUT2D eigenvalue weighted by Gasteiger charge is 2.17. The van der Waals surface area contributed by atoms with Crippen molar-refractivity contribution in [2.24, 2.45) is 5.10 Å². The standard InChI is InChI=1S/C27H25N3O3/c1-18-15-22(19(2)30(18)25-14-7-6-13-24(25)27(32)33-3)17-28-29-26(31)16-21-11-8-10-20-9-4-5-12-23(20)21/h4-15,17H,16H2,1-3H3,(H,29,31)/b28-17-. The Balaban J connectivity index is 1.52. The lowest BCUT2D eigenvalue weighted by Crippen LogP contribution is -2.20. The van der Waals surface area contributed by atoms with Gasteiger partial charge in [-0.2, -0.15) is 5.10 Å². The van der Waals surface area contributed by atoms with E-state index in [0.29, 0.717) is 5.56 Å². The Kier molecular flexibility index (Phi) is 6.36. The highest BCUT2D eigenvalue weighted by atomic mass is 16.5. The topological polar surface area (TPSA) is 72.7 Å². The fourth-order valence-corrected chi connectivity index (χ4v) is 4.07. The second-order valence-electron chi connectivity index (χ2n) is 7.78. The van der Waals surface area contributed by atoms with Gasteiger partial charge in [0.2, 0.25) is 5.91 Å². The van der Waals surface area contributed by atoms with Gasteiger partial charge in [0, 0.05) is 17.0 Å². The molecule has 0 aliphatic rings. The minimum Gasteiger partial charge on any atom is -0.465 e. The third kappa shape index (κ3) is 4.55. The number of amides is 1. The zero-order valence-corrected chi connectivity index (χ0v) is 18.8. The van der Waals surface area contributed by atoms with Crippen LogP contribution in [0.5, 0.6) is 0 Å². The predicted octanol–water partition coefficient (Wildman–Crippen LogP) is 4.73. The second-order valence-corrected chi connectivity index (χ2v) is 7.78. The molecule has 1 amide bonds. The van der Waals surface area contributed by atoms with E-state index in [1.807, 2.05) is 79.1 Å². The minimum absolute atomic E-state index is 0.188. The summed E-state index contributed by atoms with van der Waals surface area (Å²) in [6, 6.07) is 23.2. The zero-order valence-electron chi connectivity index (χ0n) is 18.8. The molecule has 3 aromatic carbocycles. The highest BCUT2D eigenvalue weighted by molar-refractivity contribution is 5.94. The van der Waals surface area contributed by atoms with Gasteiger partial charge in [-0.25, -0.2) is 10.2 Å². The maximum atomic E-state index is 12.5. The molecule has 0 unspecified atom stereocenters. The minimum atomic E-state index is -0.394. The molecule has 0 spiro atoms. The number of nitrogens with zero attached hydrogens (tertiary/aromatic N) is 2. The molecule has 166 valence electrons. The number of hydrogen-bond donors (Lipinski definition) is 1. The summed E-state index contributed by atoms with van der Waals surface area (Å²) in [5, 5.41) is 6.34. The first-order valence-electron chi connectivity index (χ1n) is 10.6. The number of ether oxygens (including phenoxy) is 1. The highest BCUT2D eigenvalue weighted by Crippen LogP contribution is 2.23. The van der Waals surface area contributed by atoms with Crippen LogP contribution in [-0.2, 0) is 16.0 Å². The van der Waals surface area contributed by atoms with Gasteiger partial charge in [-0.3, -0.25) is 4.79 Å². The van der Waals surface area contributed by atoms with Crippen molar-refractivity contribution in [3.63, 3.8) is 0 Å². The average Bonchev–Trinajstić information content (AvgIpc) is 3.11. The van der Waals surface area contributed by atoms with E-state index in [-0.39, 0.29) is 12.3 Å². The molecule has 0 aliphatic carbocycles. The van der Waals surface area contributed by atoms with E-state index in [9.17, 15) is 9.59 Å². The summed E-state index contributed by atoms with van der Waals surface area (Å²) in [5.41, 5.74) is 7.48. The number of rotatable bonds is 6. The van der Waals surface area contributed by atoms with E-state index >= 15 is 0 Å². The number of hydrogen-bond acceptors (Lipinski definition) is 4. The fourth-order valence-electron chi connectivity index (χ4n) is 4.07. The molecular formula is C27H25N3O3. The number of esters is 1. The van der Waals surface area contributed by atoms with Crippen molar-refractivity contribution in [1.29, 1.82) is 0 Å². The summed E-state index contributed by atoms with van der Waals surface area (Å²) in [5.74, 6) is -0.582. The van der Waals surface area contributed by atoms with E-state index in [1.165, 1.54) is 7.11 Å². The van der Waals surface area contributed by atoms with Gasteiger partial charge in [-0.05, 0) is 48.4 Å². The quantitative estimate of drug-likeness (QED) is 0.268. The second kappa shape index (κ2) is 9.53. The predicted molar refractivity (Wildman–Crippen MR) is 130 cm³/mol. The first-order valence-corrected chi connectivity index (χ1v) is 10.6. The van der Waals surface area contributed by atoms with Crippen LogP contribution in [-0.4, -0.2) is 29.8 Å². The third-order valence-corrected chi connectivity index (χ3v) is 5.64. The maximum absolute atomic E-state index is 12.5. The van der Waals surface area contributed by atoms with Crippen LogP contribution in [0.3, 0.4) is 0 Å². The van der Waals surface area contributed by atoms with Gasteiger partial charge >= 0.3 is 5.97 Å². The molecule has 0 radical (unpaired) electrons. The normalized spacial score (nSPS) is 11.1. The smallest absolute Gasteiger partial charge is 0.339 e. The van der Waals surface area contributed by atoms with Crippen LogP contribution in [0.25, 0.3) is 16.5 Å². The van der Waals surface area contributed by atoms with Crippen molar-refractivity contribution >= 4 is 28.9 Å². The summed E-state index contributed by atoms with van der Waals surface area (Å²) in [7, 11) is 1.37. The molecule has 4 aromatic rings. The van der Waals surface area contributed by atoms with Crippen LogP contribution in [0, 0.1) is 13.8 Å². The SMILES string of the molecule is COC(=O)c1ccccc1-n1c(C)cc(/C=N\NC(=O)Cc2cccc3ccccc23)c1C. The molecule has 1 heterocycles. The molecule has 0 saturated heterocycles. The van der Waals surface area contributed by atoms with E-state index in [2.05, 4.69) is 10.5 Å². The summed E-state index contributed by atoms with van der Waals surface area (Å²) >= 11 is 0. The van der Waals surface area contributed by atoms with E-state index < -0.39 is 5.97 Å². The Labute approximate surface area is 192 Å². The molecule has 6 nitrogen and oxygen atoms in total. The Morgan fingerprint density at radius 3 is 2.55 bits per heavy atom. The molecule has 0 aliphatic heterocycles. The molecule has 0 bridgehead atoms. The summed E-state index contributed by atoms with van der Waals surface area (Å²) < 4.78 is 6.90. The Morgan fingerprint density at radius 1 is 1.00 bits per heavy atom. The summed E-state index contributed by atoms with van der Waals surface area (Å²) in [6.45, 7) is 3.90. The van der Waals surface area contributed by atoms with Crippen LogP contribution >= 0.6 is 0 Å². The van der Waals surface area contributed by atoms with Crippen molar-refractivity contribution in [2.45, 2.75) is 20.3 Å². The lowest BCUT2D eigenvalue weighted by molar-refractivity contribution is -0.120. The number of methoxy groups -OCH3 is 1. The zero-order chi connectivity index (χ0) is 23.4. The molecule has 0 saturated carbocycles. The Morgan fingerprint density at radius 2 is 1.73 bits per heavy atom. The van der Waals surface area contributed by atoms with Crippen LogP contribution in [0.15, 0.2) is 77.9 Å². The molecule has 1 N–H and O–H groups in total. The first-order chi connectivity index (χ1) is 16.0. The average molecular weight is 440 g/mol. The Hall–Kier alpha value is -4.19. The van der Waals surface area contributed by atoms with Crippen molar-refractivity contribution in [3.8, 4) is 5.69 Å². The largest absolute Gasteiger partial charge is 0.465 e. The molecule has 6 heteroatoms. The van der Waals surface area contributed by atoms with Crippen LogP contribution in [0.1, 0.15) is 32.9 Å². The van der Waals surface area contributed by atoms with Gasteiger partial charge < -0.3 is 9.30 Å². The number of benzene rings is 3. The molecule has 33 heavy (non-hydrogen) atoms. The number of carbonyl (C=O) groups is 2. The van der Waals surface area contributed by atoms with Crippen LogP contribution < -0.4 is 5.43 Å². The molecular weight excluding hydrogens is 414 g/mol. The number of carbonyl (C=O) groups excluding carboxylic acids is 2. The van der Waals surface area contributed by atoms with E-state index in [1.54, 1.807) is 18.3 Å². The number of para-hydroxylation sites is 1. The van der Waals surface area contributed by atoms with Gasteiger partial charge in [-0.15, -0.1) is 0 Å². The maximum Gasteiger partial charge on any atom is 0.339 e. The van der Waals surface area contributed by atoms with Crippen molar-refractivity contribution in [1.82, 2.24) is 9.99 Å². The number of aryl methyl sites for hydroxylation is 1. The molecule has 0 atom stereocenters. The first kappa shape index (κ1) is 22.0. The lowest BCUT2D eigenvalue weighted by Gasteiger charge is -2.13. The van der Waals surface area contributed by atoms with Crippen molar-refractivity contribution in [3.05, 3.63) is 101 Å². The number of fused-ring (bicyclic) bond motifs is 1. The van der Waals surface area contributed by atoms with Gasteiger partial charge in [-0.1, -0.05) is 54.6 Å². The van der Waals surface area contributed by atoms with Gasteiger partial charge in [0.15, 0.2) is 0 Å². The van der Waals surface area contributed by atoms with Crippen molar-refractivity contribution in [2.75, 3.05) is 7.11 Å². The number of aromatic nitrogens is 1. The van der Waals surface area contributed by atoms with Crippen molar-refractivity contribution < 1.29 is 14.3 Å². The van der Waals surface area contributed by atoms with Gasteiger partial charge in [0.25, 0.3) is 0 Å². The monoisotopic (exact) mass is 439 g/mol. The molecule has 0 fully saturated rings. The molecule has 4 rings (SSSR count). The van der Waals surface area contributed by atoms with Crippen LogP contribution in [0.2, 0.25) is 0 Å². The fraction of sp³-hybridized carbons (Fsp3) is 0.148. The third-order valence-electron chi connectivity index (χ3n) is 5.64. The number of nitrogens with one attached hydrogen (secondary N) is 1. The summed E-state index contributed by atoms with van der Waals surface area (Å²) in [6.07, 6.45) is 1.87. The Bertz CT molecular complexity index is 1360. The van der Waals surface area contributed by atoms with E-state index in [0.717, 1.165) is 39.0 Å². The van der Waals surface area contributed by atoms with E-state index in [4.69, 9.17) is 4.74 Å². The van der Waals surface area contributed by atoms with Crippen LogP contribution in [0.4, 0.5) is 0 Å². The lowest BCUT2D eigenvalue weighted by atomic mass is 10.0.